The fraction of sp³-hybridized carbons (Fsp3) is 0.450. The summed E-state index contributed by atoms with van der Waals surface area (Å²) in [6.07, 6.45) is 6.18. The van der Waals surface area contributed by atoms with Crippen molar-refractivity contribution in [1.82, 2.24) is 19.8 Å². The molecule has 32 heavy (non-hydrogen) atoms. The first-order valence-corrected chi connectivity index (χ1v) is 9.93. The van der Waals surface area contributed by atoms with E-state index in [0.29, 0.717) is 0 Å². The molecule has 0 aromatic carbocycles. The number of rotatable bonds is 4. The van der Waals surface area contributed by atoms with Gasteiger partial charge in [-0.05, 0) is 70.2 Å². The van der Waals surface area contributed by atoms with E-state index < -0.39 is 13.2 Å². The Labute approximate surface area is 196 Å². The molecule has 0 aliphatic carbocycles. The van der Waals surface area contributed by atoms with Crippen LogP contribution < -0.4 is 5.11 Å². The Morgan fingerprint density at radius 3 is 1.44 bits per heavy atom. The van der Waals surface area contributed by atoms with Gasteiger partial charge in [-0.2, -0.15) is 0 Å². The molecule has 0 bridgehead atoms. The number of halogens is 4. The van der Waals surface area contributed by atoms with Gasteiger partial charge in [-0.25, -0.2) is 0 Å². The molecule has 0 atom stereocenters. The first-order chi connectivity index (χ1) is 14.6. The molecule has 1 fully saturated rings. The van der Waals surface area contributed by atoms with Crippen LogP contribution in [0, 0.1) is 0 Å². The summed E-state index contributed by atoms with van der Waals surface area (Å²) in [4.78, 5) is 22.8. The van der Waals surface area contributed by atoms with Gasteiger partial charge in [-0.3, -0.25) is 19.8 Å². The molecule has 0 spiro atoms. The zero-order chi connectivity index (χ0) is 23.1. The van der Waals surface area contributed by atoms with Crippen molar-refractivity contribution in [3.05, 3.63) is 60.2 Å². The van der Waals surface area contributed by atoms with Crippen molar-refractivity contribution in [2.45, 2.75) is 32.9 Å². The van der Waals surface area contributed by atoms with Crippen molar-refractivity contribution < 1.29 is 44.2 Å². The number of carboxylic acid groups (broad SMARTS) is 1. The maximum Gasteiger partial charge on any atom is 4.00 e. The predicted molar refractivity (Wildman–Crippen MR) is 109 cm³/mol. The third-order valence-electron chi connectivity index (χ3n) is 4.12. The minimum absolute atomic E-state index is 0. The van der Waals surface area contributed by atoms with E-state index in [2.05, 4.69) is 44.0 Å². The van der Waals surface area contributed by atoms with Crippen LogP contribution in [0.5, 0.6) is 0 Å². The SMILES string of the molecule is CC(=O)[O-].F[B-](F)(F)F.[Fe+4].c1ccc(CN2CCCN(Cc3ccccn3)CCC2)nc1. The van der Waals surface area contributed by atoms with Crippen LogP contribution in [-0.4, -0.2) is 59.2 Å². The van der Waals surface area contributed by atoms with Gasteiger partial charge in [0.05, 0.1) is 11.4 Å². The Morgan fingerprint density at radius 2 is 1.19 bits per heavy atom. The van der Waals surface area contributed by atoms with E-state index in [9.17, 15) is 17.3 Å². The smallest absolute Gasteiger partial charge is 0.550 e. The minimum Gasteiger partial charge on any atom is -0.550 e. The van der Waals surface area contributed by atoms with E-state index in [1.807, 2.05) is 24.5 Å². The Hall–Kier alpha value is -2.01. The van der Waals surface area contributed by atoms with E-state index in [0.717, 1.165) is 46.2 Å². The molecule has 1 aliphatic heterocycles. The fourth-order valence-corrected chi connectivity index (χ4v) is 3.02. The Balaban J connectivity index is 0.000000823. The molecule has 0 unspecified atom stereocenters. The molecule has 1 aliphatic rings. The van der Waals surface area contributed by atoms with Crippen LogP contribution in [0.4, 0.5) is 17.3 Å². The van der Waals surface area contributed by atoms with Crippen LogP contribution in [0.3, 0.4) is 0 Å². The normalized spacial score (nSPS) is 14.9. The number of nitrogens with zero attached hydrogens (tertiary/aromatic N) is 4. The number of aliphatic carboxylic acids is 1. The molecule has 0 N–H and O–H groups in total. The average Bonchev–Trinajstić information content (AvgIpc) is 2.65. The summed E-state index contributed by atoms with van der Waals surface area (Å²) in [5.74, 6) is -1.08. The molecule has 2 aromatic heterocycles. The molecule has 3 heterocycles. The number of carboxylic acids is 1. The standard InChI is InChI=1S/C18H24N4.C2H4O2.BF4.Fe/c1-3-9-19-17(7-1)15-21-11-5-13-22(14-6-12-21)16-18-8-2-4-10-20-18;1-2(3)4;2-1(3,4)5;/h1-4,7-10H,5-6,11-16H2;1H3,(H,3,4);;/q;;-1;+4/p-1. The van der Waals surface area contributed by atoms with E-state index in [1.54, 1.807) is 0 Å². The number of carbonyl (C=O) groups excluding carboxylic acids is 1. The maximum absolute atomic E-state index is 9.75. The monoisotopic (exact) mass is 498 g/mol. The summed E-state index contributed by atoms with van der Waals surface area (Å²) in [5, 5.41) is 8.89. The first-order valence-electron chi connectivity index (χ1n) is 9.93. The zero-order valence-electron chi connectivity index (χ0n) is 17.8. The molecular weight excluding hydrogens is 471 g/mol. The summed E-state index contributed by atoms with van der Waals surface area (Å²) in [7, 11) is -6.00. The predicted octanol–water partition coefficient (Wildman–Crippen LogP) is 2.63. The van der Waals surface area contributed by atoms with Crippen LogP contribution in [0.25, 0.3) is 0 Å². The Bertz CT molecular complexity index is 676. The molecule has 0 amide bonds. The van der Waals surface area contributed by atoms with Gasteiger partial charge in [-0.15, -0.1) is 0 Å². The van der Waals surface area contributed by atoms with Crippen molar-refractivity contribution >= 4 is 13.2 Å². The van der Waals surface area contributed by atoms with Crippen LogP contribution >= 0.6 is 0 Å². The van der Waals surface area contributed by atoms with Crippen molar-refractivity contribution in [2.75, 3.05) is 26.2 Å². The van der Waals surface area contributed by atoms with Gasteiger partial charge in [0.2, 0.25) is 0 Å². The first kappa shape index (κ1) is 30.0. The van der Waals surface area contributed by atoms with Gasteiger partial charge in [0.15, 0.2) is 0 Å². The average molecular weight is 498 g/mol. The molecular formula is C20H27BF4FeN4O2+2. The zero-order valence-corrected chi connectivity index (χ0v) is 18.9. The number of aromatic nitrogens is 2. The quantitative estimate of drug-likeness (QED) is 0.477. The molecule has 12 heteroatoms. The number of hydrogen-bond acceptors (Lipinski definition) is 6. The van der Waals surface area contributed by atoms with Gasteiger partial charge in [0, 0.05) is 31.5 Å². The van der Waals surface area contributed by atoms with Gasteiger partial charge in [0.1, 0.15) is 0 Å². The van der Waals surface area contributed by atoms with Gasteiger partial charge in [-0.1, -0.05) is 12.1 Å². The molecule has 1 saturated heterocycles. The maximum atomic E-state index is 9.75. The second-order valence-corrected chi connectivity index (χ2v) is 6.89. The van der Waals surface area contributed by atoms with Crippen molar-refractivity contribution in [3.8, 4) is 0 Å². The number of pyridine rings is 2. The second kappa shape index (κ2) is 16.6. The summed E-state index contributed by atoms with van der Waals surface area (Å²) < 4.78 is 39.0. The minimum atomic E-state index is -6.00. The van der Waals surface area contributed by atoms with Gasteiger partial charge >= 0.3 is 24.3 Å². The van der Waals surface area contributed by atoms with Crippen molar-refractivity contribution in [2.24, 2.45) is 0 Å². The van der Waals surface area contributed by atoms with Crippen LogP contribution in [0.1, 0.15) is 31.2 Å². The third-order valence-corrected chi connectivity index (χ3v) is 4.12. The molecule has 6 nitrogen and oxygen atoms in total. The van der Waals surface area contributed by atoms with E-state index >= 15 is 0 Å². The van der Waals surface area contributed by atoms with Crippen LogP contribution in [0.2, 0.25) is 0 Å². The van der Waals surface area contributed by atoms with E-state index in [1.165, 1.54) is 24.2 Å². The van der Waals surface area contributed by atoms with Gasteiger partial charge in [0.25, 0.3) is 0 Å². The summed E-state index contributed by atoms with van der Waals surface area (Å²) in [6.45, 7) is 7.51. The van der Waals surface area contributed by atoms with E-state index in [4.69, 9.17) is 9.90 Å². The number of hydrogen-bond donors (Lipinski definition) is 0. The van der Waals surface area contributed by atoms with Crippen LogP contribution in [-0.2, 0) is 35.0 Å². The largest absolute Gasteiger partial charge is 4.00 e. The molecule has 176 valence electrons. The Kier molecular flexibility index (Phi) is 15.6. The molecule has 0 radical (unpaired) electrons. The third kappa shape index (κ3) is 17.7. The molecule has 3 rings (SSSR count). The summed E-state index contributed by atoms with van der Waals surface area (Å²) in [5.41, 5.74) is 2.35. The van der Waals surface area contributed by atoms with E-state index in [-0.39, 0.29) is 17.1 Å². The van der Waals surface area contributed by atoms with Crippen molar-refractivity contribution in [3.63, 3.8) is 0 Å². The summed E-state index contributed by atoms with van der Waals surface area (Å²) in [6, 6.07) is 12.3. The molecule has 0 saturated carbocycles. The number of carbonyl (C=O) groups is 1. The topological polar surface area (TPSA) is 72.4 Å². The Morgan fingerprint density at radius 1 is 0.875 bits per heavy atom. The summed E-state index contributed by atoms with van der Waals surface area (Å²) >= 11 is 0. The second-order valence-electron chi connectivity index (χ2n) is 6.89. The van der Waals surface area contributed by atoms with Crippen molar-refractivity contribution in [1.29, 1.82) is 0 Å². The molecule has 2 aromatic rings. The fourth-order valence-electron chi connectivity index (χ4n) is 3.02. The van der Waals surface area contributed by atoms with Crippen LogP contribution in [0.15, 0.2) is 48.8 Å². The van der Waals surface area contributed by atoms with Gasteiger partial charge < -0.3 is 27.2 Å².